The van der Waals surface area contributed by atoms with Crippen molar-refractivity contribution in [2.45, 2.75) is 44.9 Å². The average molecular weight is 292 g/mol. The minimum Gasteiger partial charge on any atom is -0.481 e. The van der Waals surface area contributed by atoms with E-state index in [9.17, 15) is 9.59 Å². The van der Waals surface area contributed by atoms with E-state index in [0.717, 1.165) is 36.9 Å². The zero-order valence-electron chi connectivity index (χ0n) is 12.3. The number of carboxylic acid groups (broad SMARTS) is 1. The summed E-state index contributed by atoms with van der Waals surface area (Å²) in [6.45, 7) is 0.704. The summed E-state index contributed by atoms with van der Waals surface area (Å²) in [7, 11) is 0. The van der Waals surface area contributed by atoms with Crippen LogP contribution in [0.1, 0.15) is 44.1 Å². The molecule has 21 heavy (non-hydrogen) atoms. The Kier molecular flexibility index (Phi) is 8.12. The van der Waals surface area contributed by atoms with Crippen molar-refractivity contribution in [2.24, 2.45) is 5.73 Å². The van der Waals surface area contributed by atoms with Gasteiger partial charge in [-0.05, 0) is 43.5 Å². The van der Waals surface area contributed by atoms with E-state index in [0.29, 0.717) is 19.4 Å². The fraction of sp³-hybridized carbons (Fsp3) is 0.500. The van der Waals surface area contributed by atoms with Crippen LogP contribution < -0.4 is 11.1 Å². The van der Waals surface area contributed by atoms with Crippen LogP contribution >= 0.6 is 0 Å². The van der Waals surface area contributed by atoms with Gasteiger partial charge in [0.25, 0.3) is 0 Å². The third-order valence-corrected chi connectivity index (χ3v) is 3.20. The monoisotopic (exact) mass is 292 g/mol. The highest BCUT2D eigenvalue weighted by Crippen LogP contribution is 2.13. The molecule has 0 aliphatic carbocycles. The third-order valence-electron chi connectivity index (χ3n) is 3.20. The summed E-state index contributed by atoms with van der Waals surface area (Å²) in [5, 5.41) is 11.5. The normalized spacial score (nSPS) is 10.3. The Balaban J connectivity index is 2.34. The number of hydrogen-bond acceptors (Lipinski definition) is 3. The maximum absolute atomic E-state index is 11.8. The van der Waals surface area contributed by atoms with E-state index in [2.05, 4.69) is 5.32 Å². The van der Waals surface area contributed by atoms with Crippen molar-refractivity contribution in [3.63, 3.8) is 0 Å². The number of anilines is 1. The van der Waals surface area contributed by atoms with Crippen LogP contribution in [0.3, 0.4) is 0 Å². The molecular weight excluding hydrogens is 268 g/mol. The fourth-order valence-electron chi connectivity index (χ4n) is 2.06. The van der Waals surface area contributed by atoms with Crippen LogP contribution in [-0.2, 0) is 16.0 Å². The molecule has 0 aliphatic rings. The maximum Gasteiger partial charge on any atom is 0.303 e. The van der Waals surface area contributed by atoms with Crippen LogP contribution in [0.25, 0.3) is 0 Å². The summed E-state index contributed by atoms with van der Waals surface area (Å²) in [5.41, 5.74) is 7.06. The molecule has 1 aromatic rings. The van der Waals surface area contributed by atoms with E-state index in [1.54, 1.807) is 0 Å². The summed E-state index contributed by atoms with van der Waals surface area (Å²) < 4.78 is 0. The van der Waals surface area contributed by atoms with E-state index in [4.69, 9.17) is 10.8 Å². The van der Waals surface area contributed by atoms with Gasteiger partial charge in [0.05, 0.1) is 0 Å². The van der Waals surface area contributed by atoms with Crippen molar-refractivity contribution < 1.29 is 14.7 Å². The minimum atomic E-state index is -0.818. The number of carbonyl (C=O) groups is 2. The summed E-state index contributed by atoms with van der Waals surface area (Å²) in [6.07, 6.45) is 5.02. The number of nitrogens with two attached hydrogens (primary N) is 1. The molecule has 0 aliphatic heterocycles. The highest BCUT2D eigenvalue weighted by Gasteiger charge is 2.04. The highest BCUT2D eigenvalue weighted by atomic mass is 16.4. The number of carbonyl (C=O) groups excluding carboxylic acids is 1. The van der Waals surface area contributed by atoms with E-state index in [1.165, 1.54) is 0 Å². The molecule has 0 radical (unpaired) electrons. The lowest BCUT2D eigenvalue weighted by Crippen LogP contribution is -2.11. The van der Waals surface area contributed by atoms with Gasteiger partial charge in [-0.1, -0.05) is 25.0 Å². The first-order valence-electron chi connectivity index (χ1n) is 7.42. The Hall–Kier alpha value is -1.88. The lowest BCUT2D eigenvalue weighted by atomic mass is 10.1. The van der Waals surface area contributed by atoms with Gasteiger partial charge in [0.1, 0.15) is 0 Å². The highest BCUT2D eigenvalue weighted by molar-refractivity contribution is 5.90. The lowest BCUT2D eigenvalue weighted by Gasteiger charge is -2.07. The zero-order chi connectivity index (χ0) is 15.5. The smallest absolute Gasteiger partial charge is 0.303 e. The third kappa shape index (κ3) is 8.09. The van der Waals surface area contributed by atoms with Crippen LogP contribution in [0.2, 0.25) is 0 Å². The Labute approximate surface area is 125 Å². The number of amides is 1. The molecule has 116 valence electrons. The maximum atomic E-state index is 11.8. The van der Waals surface area contributed by atoms with Crippen LogP contribution in [0.15, 0.2) is 24.3 Å². The zero-order valence-corrected chi connectivity index (χ0v) is 12.3. The van der Waals surface area contributed by atoms with Crippen molar-refractivity contribution in [2.75, 3.05) is 11.9 Å². The van der Waals surface area contributed by atoms with Crippen molar-refractivity contribution in [1.29, 1.82) is 0 Å². The Morgan fingerprint density at radius 3 is 2.57 bits per heavy atom. The summed E-state index contributed by atoms with van der Waals surface area (Å²) in [6, 6.07) is 7.34. The number of unbranched alkanes of at least 4 members (excludes halogenated alkanes) is 3. The predicted molar refractivity (Wildman–Crippen MR) is 83.2 cm³/mol. The van der Waals surface area contributed by atoms with Gasteiger partial charge in [-0.25, -0.2) is 0 Å². The van der Waals surface area contributed by atoms with Gasteiger partial charge in [-0.15, -0.1) is 0 Å². The van der Waals surface area contributed by atoms with Crippen LogP contribution in [0, 0.1) is 0 Å². The van der Waals surface area contributed by atoms with Crippen molar-refractivity contribution in [3.8, 4) is 0 Å². The van der Waals surface area contributed by atoms with Crippen molar-refractivity contribution in [1.82, 2.24) is 0 Å². The van der Waals surface area contributed by atoms with Gasteiger partial charge in [-0.3, -0.25) is 9.59 Å². The molecule has 0 saturated carbocycles. The Morgan fingerprint density at radius 2 is 1.86 bits per heavy atom. The predicted octanol–water partition coefficient (Wildman–Crippen LogP) is 2.55. The molecule has 1 rings (SSSR count). The molecule has 0 spiro atoms. The SMILES string of the molecule is NCCCCCCC(=O)Nc1cccc(CCC(=O)O)c1. The summed E-state index contributed by atoms with van der Waals surface area (Å²) >= 11 is 0. The number of aliphatic carboxylic acids is 1. The first-order valence-corrected chi connectivity index (χ1v) is 7.42. The second kappa shape index (κ2) is 9.94. The molecule has 5 heteroatoms. The second-order valence-corrected chi connectivity index (χ2v) is 5.10. The van der Waals surface area contributed by atoms with Crippen LogP contribution in [0.4, 0.5) is 5.69 Å². The van der Waals surface area contributed by atoms with Gasteiger partial charge in [0.15, 0.2) is 0 Å². The van der Waals surface area contributed by atoms with Crippen LogP contribution in [0.5, 0.6) is 0 Å². The van der Waals surface area contributed by atoms with E-state index in [-0.39, 0.29) is 12.3 Å². The first kappa shape index (κ1) is 17.2. The first-order chi connectivity index (χ1) is 10.1. The molecule has 0 atom stereocenters. The van der Waals surface area contributed by atoms with Crippen LogP contribution in [-0.4, -0.2) is 23.5 Å². The summed E-state index contributed by atoms with van der Waals surface area (Å²) in [5.74, 6) is -0.819. The standard InChI is InChI=1S/C16H24N2O3/c17-11-4-2-1-3-8-15(19)18-14-7-5-6-13(12-14)9-10-16(20)21/h5-7,12H,1-4,8-11,17H2,(H,18,19)(H,20,21). The molecular formula is C16H24N2O3. The Morgan fingerprint density at radius 1 is 1.10 bits per heavy atom. The lowest BCUT2D eigenvalue weighted by molar-refractivity contribution is -0.137. The molecule has 0 bridgehead atoms. The van der Waals surface area contributed by atoms with E-state index >= 15 is 0 Å². The number of benzene rings is 1. The summed E-state index contributed by atoms with van der Waals surface area (Å²) in [4.78, 5) is 22.3. The molecule has 0 unspecified atom stereocenters. The van der Waals surface area contributed by atoms with E-state index < -0.39 is 5.97 Å². The fourth-order valence-corrected chi connectivity index (χ4v) is 2.06. The molecule has 0 fully saturated rings. The molecule has 4 N–H and O–H groups in total. The molecule has 0 aromatic heterocycles. The minimum absolute atomic E-state index is 0.00173. The molecule has 1 amide bonds. The number of hydrogen-bond donors (Lipinski definition) is 3. The van der Waals surface area contributed by atoms with Crippen molar-refractivity contribution >= 4 is 17.6 Å². The molecule has 0 saturated heterocycles. The number of aryl methyl sites for hydroxylation is 1. The van der Waals surface area contributed by atoms with E-state index in [1.807, 2.05) is 24.3 Å². The van der Waals surface area contributed by atoms with Gasteiger partial charge >= 0.3 is 5.97 Å². The van der Waals surface area contributed by atoms with Gasteiger partial charge in [0, 0.05) is 18.5 Å². The molecule has 5 nitrogen and oxygen atoms in total. The average Bonchev–Trinajstić information content (AvgIpc) is 2.45. The number of rotatable bonds is 10. The largest absolute Gasteiger partial charge is 0.481 e. The van der Waals surface area contributed by atoms with Gasteiger partial charge in [0.2, 0.25) is 5.91 Å². The quantitative estimate of drug-likeness (QED) is 0.578. The number of nitrogens with one attached hydrogen (secondary N) is 1. The topological polar surface area (TPSA) is 92.4 Å². The second-order valence-electron chi connectivity index (χ2n) is 5.10. The van der Waals surface area contributed by atoms with Crippen molar-refractivity contribution in [3.05, 3.63) is 29.8 Å². The van der Waals surface area contributed by atoms with Gasteiger partial charge in [-0.2, -0.15) is 0 Å². The number of carboxylic acids is 1. The van der Waals surface area contributed by atoms with Gasteiger partial charge < -0.3 is 16.2 Å². The Bertz CT molecular complexity index is 461. The molecule has 0 heterocycles. The molecule has 1 aromatic carbocycles.